The van der Waals surface area contributed by atoms with E-state index in [1.54, 1.807) is 36.4 Å². The van der Waals surface area contributed by atoms with Gasteiger partial charge >= 0.3 is 0 Å². The van der Waals surface area contributed by atoms with E-state index in [2.05, 4.69) is 31.9 Å². The number of hydrogen-bond donors (Lipinski definition) is 1. The Labute approximate surface area is 184 Å². The van der Waals surface area contributed by atoms with Crippen LogP contribution in [0.3, 0.4) is 0 Å². The summed E-state index contributed by atoms with van der Waals surface area (Å²) in [4.78, 5) is 27.4. The van der Waals surface area contributed by atoms with Crippen molar-refractivity contribution in [2.45, 2.75) is 6.04 Å². The number of carbonyl (C=O) groups excluding carboxylic acids is 2. The van der Waals surface area contributed by atoms with Crippen molar-refractivity contribution in [3.63, 3.8) is 0 Å². The fourth-order valence-electron chi connectivity index (χ4n) is 3.41. The maximum absolute atomic E-state index is 13.0. The Morgan fingerprint density at radius 1 is 0.793 bits per heavy atom. The third-order valence-electron chi connectivity index (χ3n) is 4.78. The molecule has 0 saturated carbocycles. The minimum Gasteiger partial charge on any atom is -0.507 e. The van der Waals surface area contributed by atoms with Gasteiger partial charge in [-0.15, -0.1) is 0 Å². The van der Waals surface area contributed by atoms with Crippen molar-refractivity contribution >= 4 is 55.0 Å². The van der Waals surface area contributed by atoms with Crippen molar-refractivity contribution in [3.05, 3.63) is 105 Å². The third kappa shape index (κ3) is 3.66. The largest absolute Gasteiger partial charge is 0.507 e. The second-order valence-electron chi connectivity index (χ2n) is 6.56. The van der Waals surface area contributed by atoms with Crippen LogP contribution in [0.2, 0.25) is 0 Å². The van der Waals surface area contributed by atoms with Crippen molar-refractivity contribution in [1.29, 1.82) is 0 Å². The molecule has 3 aromatic carbocycles. The van der Waals surface area contributed by atoms with E-state index >= 15 is 0 Å². The Hall–Kier alpha value is -2.70. The molecule has 144 valence electrons. The molecular weight excluding hydrogens is 498 g/mol. The van der Waals surface area contributed by atoms with E-state index in [0.29, 0.717) is 11.3 Å². The van der Waals surface area contributed by atoms with Crippen molar-refractivity contribution in [1.82, 2.24) is 0 Å². The summed E-state index contributed by atoms with van der Waals surface area (Å²) in [5.41, 5.74) is 1.87. The van der Waals surface area contributed by atoms with Gasteiger partial charge in [-0.2, -0.15) is 0 Å². The highest BCUT2D eigenvalue weighted by Gasteiger charge is 2.46. The van der Waals surface area contributed by atoms with Gasteiger partial charge in [-0.1, -0.05) is 74.3 Å². The highest BCUT2D eigenvalue weighted by Crippen LogP contribution is 2.42. The molecule has 0 bridgehead atoms. The van der Waals surface area contributed by atoms with E-state index in [4.69, 9.17) is 0 Å². The maximum Gasteiger partial charge on any atom is 0.300 e. The van der Waals surface area contributed by atoms with E-state index in [9.17, 15) is 14.7 Å². The maximum atomic E-state index is 13.0. The summed E-state index contributed by atoms with van der Waals surface area (Å²) >= 11 is 6.80. The smallest absolute Gasteiger partial charge is 0.300 e. The first kappa shape index (κ1) is 19.6. The molecular formula is C23H15Br2NO3. The summed E-state index contributed by atoms with van der Waals surface area (Å²) in [6.07, 6.45) is 0. The zero-order valence-corrected chi connectivity index (χ0v) is 18.2. The fourth-order valence-corrected chi connectivity index (χ4v) is 3.94. The summed E-state index contributed by atoms with van der Waals surface area (Å²) in [6.45, 7) is 0. The van der Waals surface area contributed by atoms with Gasteiger partial charge < -0.3 is 5.11 Å². The number of aliphatic hydroxyl groups excluding tert-OH is 1. The number of nitrogens with zero attached hydrogens (tertiary/aromatic N) is 1. The average Bonchev–Trinajstić information content (AvgIpc) is 3.00. The van der Waals surface area contributed by atoms with Crippen LogP contribution in [0.25, 0.3) is 5.76 Å². The van der Waals surface area contributed by atoms with Crippen molar-refractivity contribution in [2.24, 2.45) is 0 Å². The molecule has 0 radical (unpaired) electrons. The molecule has 1 aliphatic rings. The van der Waals surface area contributed by atoms with Crippen LogP contribution < -0.4 is 4.90 Å². The Morgan fingerprint density at radius 3 is 1.93 bits per heavy atom. The molecule has 1 saturated heterocycles. The third-order valence-corrected chi connectivity index (χ3v) is 5.84. The Morgan fingerprint density at radius 2 is 1.34 bits per heavy atom. The molecule has 1 amide bonds. The van der Waals surface area contributed by atoms with Crippen molar-refractivity contribution in [3.8, 4) is 0 Å². The summed E-state index contributed by atoms with van der Waals surface area (Å²) in [7, 11) is 0. The first-order chi connectivity index (χ1) is 14.0. The van der Waals surface area contributed by atoms with E-state index in [-0.39, 0.29) is 11.3 Å². The van der Waals surface area contributed by atoms with Crippen LogP contribution in [0.15, 0.2) is 93.4 Å². The van der Waals surface area contributed by atoms with E-state index in [0.717, 1.165) is 14.5 Å². The number of hydrogen-bond acceptors (Lipinski definition) is 3. The highest BCUT2D eigenvalue weighted by atomic mass is 79.9. The van der Waals surface area contributed by atoms with Crippen LogP contribution in [-0.2, 0) is 9.59 Å². The normalized spacial score (nSPS) is 18.3. The molecule has 1 heterocycles. The number of carbonyl (C=O) groups is 2. The Bertz CT molecular complexity index is 1110. The van der Waals surface area contributed by atoms with Crippen LogP contribution in [0.4, 0.5) is 5.69 Å². The predicted octanol–water partition coefficient (Wildman–Crippen LogP) is 5.84. The first-order valence-corrected chi connectivity index (χ1v) is 10.4. The van der Waals surface area contributed by atoms with E-state index in [1.807, 2.05) is 42.5 Å². The fraction of sp³-hybridized carbons (Fsp3) is 0.0435. The van der Waals surface area contributed by atoms with Gasteiger partial charge in [-0.05, 0) is 42.0 Å². The highest BCUT2D eigenvalue weighted by molar-refractivity contribution is 9.10. The molecule has 6 heteroatoms. The van der Waals surface area contributed by atoms with Gasteiger partial charge in [0, 0.05) is 20.2 Å². The Balaban J connectivity index is 1.94. The molecule has 4 rings (SSSR count). The molecule has 0 spiro atoms. The summed E-state index contributed by atoms with van der Waals surface area (Å²) in [6, 6.07) is 22.6. The second-order valence-corrected chi connectivity index (χ2v) is 8.39. The number of amides is 1. The lowest BCUT2D eigenvalue weighted by Gasteiger charge is -2.25. The molecule has 29 heavy (non-hydrogen) atoms. The quantitative estimate of drug-likeness (QED) is 0.272. The summed E-state index contributed by atoms with van der Waals surface area (Å²) in [5.74, 6) is -1.56. The molecule has 1 N–H and O–H groups in total. The number of Topliss-reactive ketones (excluding diaryl/α,β-unsaturated/α-hetero) is 1. The average molecular weight is 513 g/mol. The van der Waals surface area contributed by atoms with Gasteiger partial charge in [-0.3, -0.25) is 14.5 Å². The molecule has 0 aromatic heterocycles. The van der Waals surface area contributed by atoms with Crippen molar-refractivity contribution in [2.75, 3.05) is 4.90 Å². The number of benzene rings is 3. The van der Waals surface area contributed by atoms with Gasteiger partial charge in [0.05, 0.1) is 11.6 Å². The lowest BCUT2D eigenvalue weighted by Crippen LogP contribution is -2.29. The van der Waals surface area contributed by atoms with Crippen LogP contribution in [0.5, 0.6) is 0 Å². The molecule has 0 unspecified atom stereocenters. The number of ketones is 1. The van der Waals surface area contributed by atoms with Gasteiger partial charge in [0.15, 0.2) is 0 Å². The van der Waals surface area contributed by atoms with Crippen LogP contribution in [0.1, 0.15) is 17.2 Å². The monoisotopic (exact) mass is 511 g/mol. The lowest BCUT2D eigenvalue weighted by molar-refractivity contribution is -0.132. The van der Waals surface area contributed by atoms with Crippen LogP contribution >= 0.6 is 31.9 Å². The molecule has 0 aliphatic carbocycles. The SMILES string of the molecule is O=C1C(=O)N(c2ccc(Br)cc2)[C@H](c2ccc(Br)cc2)/C1=C(\O)c1ccccc1. The lowest BCUT2D eigenvalue weighted by atomic mass is 9.95. The molecule has 1 aliphatic heterocycles. The van der Waals surface area contributed by atoms with Crippen LogP contribution in [0, 0.1) is 0 Å². The number of anilines is 1. The van der Waals surface area contributed by atoms with Gasteiger partial charge in [0.1, 0.15) is 5.76 Å². The number of aliphatic hydroxyl groups is 1. The molecule has 1 atom stereocenters. The van der Waals surface area contributed by atoms with E-state index in [1.165, 1.54) is 4.90 Å². The molecule has 1 fully saturated rings. The number of rotatable bonds is 3. The summed E-state index contributed by atoms with van der Waals surface area (Å²) < 4.78 is 1.74. The summed E-state index contributed by atoms with van der Waals surface area (Å²) in [5, 5.41) is 11.0. The van der Waals surface area contributed by atoms with Gasteiger partial charge in [0.25, 0.3) is 11.7 Å². The standard InChI is InChI=1S/C23H15Br2NO3/c24-16-8-6-14(7-9-16)20-19(21(27)15-4-2-1-3-5-15)22(28)23(29)26(20)18-12-10-17(25)11-13-18/h1-13,20,27H/b21-19+/t20-/m1/s1. The minimum absolute atomic E-state index is 0.0754. The first-order valence-electron chi connectivity index (χ1n) is 8.85. The van der Waals surface area contributed by atoms with Gasteiger partial charge in [0.2, 0.25) is 0 Å². The predicted molar refractivity (Wildman–Crippen MR) is 120 cm³/mol. The molecule has 3 aromatic rings. The molecule has 4 nitrogen and oxygen atoms in total. The minimum atomic E-state index is -0.732. The zero-order chi connectivity index (χ0) is 20.5. The van der Waals surface area contributed by atoms with Gasteiger partial charge in [-0.25, -0.2) is 0 Å². The van der Waals surface area contributed by atoms with E-state index < -0.39 is 17.7 Å². The van der Waals surface area contributed by atoms with Crippen molar-refractivity contribution < 1.29 is 14.7 Å². The number of halogens is 2. The Kier molecular flexibility index (Phi) is 5.39. The zero-order valence-electron chi connectivity index (χ0n) is 15.0. The second kappa shape index (κ2) is 7.97. The van der Waals surface area contributed by atoms with Crippen LogP contribution in [-0.4, -0.2) is 16.8 Å². The topological polar surface area (TPSA) is 57.6 Å².